The average molecular weight is 175 g/mol. The molecule has 2 rings (SSSR count). The topological polar surface area (TPSA) is 69.6 Å². The third kappa shape index (κ3) is 1.54. The zero-order valence-electron chi connectivity index (χ0n) is 6.96. The van der Waals surface area contributed by atoms with E-state index in [0.29, 0.717) is 6.54 Å². The summed E-state index contributed by atoms with van der Waals surface area (Å²) in [6, 6.07) is 3.68. The van der Waals surface area contributed by atoms with Crippen molar-refractivity contribution in [2.45, 2.75) is 6.54 Å². The van der Waals surface area contributed by atoms with Crippen LogP contribution >= 0.6 is 0 Å². The molecule has 0 spiro atoms. The van der Waals surface area contributed by atoms with Crippen LogP contribution in [0.25, 0.3) is 5.82 Å². The zero-order chi connectivity index (χ0) is 9.10. The molecule has 0 atom stereocenters. The quantitative estimate of drug-likeness (QED) is 0.703. The molecule has 13 heavy (non-hydrogen) atoms. The lowest BCUT2D eigenvalue weighted by Crippen LogP contribution is -1.97. The van der Waals surface area contributed by atoms with Gasteiger partial charge in [0.15, 0.2) is 5.82 Å². The van der Waals surface area contributed by atoms with Crippen LogP contribution in [0.3, 0.4) is 0 Å². The van der Waals surface area contributed by atoms with E-state index in [4.69, 9.17) is 5.73 Å². The van der Waals surface area contributed by atoms with Crippen molar-refractivity contribution in [3.05, 3.63) is 36.5 Å². The number of hydrogen-bond acceptors (Lipinski definition) is 4. The van der Waals surface area contributed by atoms with Crippen molar-refractivity contribution < 1.29 is 0 Å². The van der Waals surface area contributed by atoms with Crippen LogP contribution in [0.15, 0.2) is 30.9 Å². The van der Waals surface area contributed by atoms with E-state index in [1.54, 1.807) is 17.1 Å². The summed E-state index contributed by atoms with van der Waals surface area (Å²) in [6.07, 6.45) is 5.14. The highest BCUT2D eigenvalue weighted by Crippen LogP contribution is 2.02. The molecule has 0 radical (unpaired) electrons. The fourth-order valence-electron chi connectivity index (χ4n) is 1.03. The van der Waals surface area contributed by atoms with Gasteiger partial charge in [0.2, 0.25) is 0 Å². The van der Waals surface area contributed by atoms with E-state index in [-0.39, 0.29) is 0 Å². The standard InChI is InChI=1S/C8H9N5/c9-4-7-5-13(6-10-7)8-2-1-3-11-12-8/h1-3,5-6H,4,9H2. The second-order valence-corrected chi connectivity index (χ2v) is 2.56. The maximum absolute atomic E-state index is 5.43. The predicted octanol–water partition coefficient (Wildman–Crippen LogP) is 0.121. The van der Waals surface area contributed by atoms with Gasteiger partial charge < -0.3 is 5.73 Å². The minimum absolute atomic E-state index is 0.438. The van der Waals surface area contributed by atoms with Crippen LogP contribution in [0.2, 0.25) is 0 Å². The Kier molecular flexibility index (Phi) is 2.01. The highest BCUT2D eigenvalue weighted by molar-refractivity contribution is 5.20. The second-order valence-electron chi connectivity index (χ2n) is 2.56. The Balaban J connectivity index is 2.36. The van der Waals surface area contributed by atoms with Crippen molar-refractivity contribution in [2.24, 2.45) is 5.73 Å². The van der Waals surface area contributed by atoms with Gasteiger partial charge in [0.05, 0.1) is 5.69 Å². The van der Waals surface area contributed by atoms with E-state index in [0.717, 1.165) is 11.5 Å². The average Bonchev–Trinajstić information content (AvgIpc) is 2.67. The third-order valence-electron chi connectivity index (χ3n) is 1.67. The number of imidazole rings is 1. The van der Waals surface area contributed by atoms with E-state index < -0.39 is 0 Å². The molecule has 0 fully saturated rings. The summed E-state index contributed by atoms with van der Waals surface area (Å²) in [7, 11) is 0. The molecule has 0 aliphatic heterocycles. The second kappa shape index (κ2) is 3.32. The van der Waals surface area contributed by atoms with Gasteiger partial charge in [0.1, 0.15) is 6.33 Å². The minimum Gasteiger partial charge on any atom is -0.325 e. The van der Waals surface area contributed by atoms with Crippen molar-refractivity contribution in [1.29, 1.82) is 0 Å². The van der Waals surface area contributed by atoms with E-state index in [1.165, 1.54) is 0 Å². The summed E-state index contributed by atoms with van der Waals surface area (Å²) in [5.74, 6) is 0.745. The fourth-order valence-corrected chi connectivity index (χ4v) is 1.03. The summed E-state index contributed by atoms with van der Waals surface area (Å²) in [5, 5.41) is 7.70. The smallest absolute Gasteiger partial charge is 0.160 e. The monoisotopic (exact) mass is 175 g/mol. The van der Waals surface area contributed by atoms with Gasteiger partial charge in [-0.2, -0.15) is 5.10 Å². The van der Waals surface area contributed by atoms with Crippen LogP contribution in [0.5, 0.6) is 0 Å². The first-order chi connectivity index (χ1) is 6.40. The van der Waals surface area contributed by atoms with Gasteiger partial charge in [0.25, 0.3) is 0 Å². The van der Waals surface area contributed by atoms with Crippen LogP contribution in [-0.2, 0) is 6.54 Å². The van der Waals surface area contributed by atoms with E-state index in [1.807, 2.05) is 18.3 Å². The molecule has 0 aliphatic rings. The molecule has 0 amide bonds. The normalized spacial score (nSPS) is 10.2. The largest absolute Gasteiger partial charge is 0.325 e. The molecule has 2 N–H and O–H groups in total. The summed E-state index contributed by atoms with van der Waals surface area (Å²) in [6.45, 7) is 0.438. The molecule has 2 aromatic rings. The summed E-state index contributed by atoms with van der Waals surface area (Å²) in [5.41, 5.74) is 6.27. The van der Waals surface area contributed by atoms with Crippen molar-refractivity contribution in [1.82, 2.24) is 19.7 Å². The molecule has 5 heteroatoms. The molecule has 0 bridgehead atoms. The van der Waals surface area contributed by atoms with Gasteiger partial charge in [-0.25, -0.2) is 4.98 Å². The van der Waals surface area contributed by atoms with Crippen molar-refractivity contribution in [2.75, 3.05) is 0 Å². The Bertz CT molecular complexity index is 380. The van der Waals surface area contributed by atoms with E-state index in [9.17, 15) is 0 Å². The Labute approximate surface area is 75.2 Å². The zero-order valence-corrected chi connectivity index (χ0v) is 6.96. The Hall–Kier alpha value is -1.75. The molecule has 0 unspecified atom stereocenters. The van der Waals surface area contributed by atoms with Gasteiger partial charge in [-0.15, -0.1) is 5.10 Å². The Morgan fingerprint density at radius 2 is 2.38 bits per heavy atom. The molecule has 0 aliphatic carbocycles. The summed E-state index contributed by atoms with van der Waals surface area (Å²) >= 11 is 0. The Morgan fingerprint density at radius 1 is 1.46 bits per heavy atom. The highest BCUT2D eigenvalue weighted by atomic mass is 15.2. The van der Waals surface area contributed by atoms with E-state index in [2.05, 4.69) is 15.2 Å². The molecule has 2 aromatic heterocycles. The predicted molar refractivity (Wildman–Crippen MR) is 47.0 cm³/mol. The van der Waals surface area contributed by atoms with Gasteiger partial charge >= 0.3 is 0 Å². The van der Waals surface area contributed by atoms with Crippen molar-refractivity contribution in [3.8, 4) is 5.82 Å². The lowest BCUT2D eigenvalue weighted by Gasteiger charge is -1.96. The molecule has 2 heterocycles. The number of aromatic nitrogens is 4. The number of nitrogens with two attached hydrogens (primary N) is 1. The molecule has 0 saturated heterocycles. The van der Waals surface area contributed by atoms with Gasteiger partial charge in [-0.3, -0.25) is 4.57 Å². The number of nitrogens with zero attached hydrogens (tertiary/aromatic N) is 4. The third-order valence-corrected chi connectivity index (χ3v) is 1.67. The van der Waals surface area contributed by atoms with Gasteiger partial charge in [-0.05, 0) is 12.1 Å². The van der Waals surface area contributed by atoms with E-state index >= 15 is 0 Å². The van der Waals surface area contributed by atoms with Crippen LogP contribution in [0.1, 0.15) is 5.69 Å². The van der Waals surface area contributed by atoms with Crippen LogP contribution < -0.4 is 5.73 Å². The fraction of sp³-hybridized carbons (Fsp3) is 0.125. The molecule has 0 saturated carbocycles. The van der Waals surface area contributed by atoms with Crippen molar-refractivity contribution in [3.63, 3.8) is 0 Å². The highest BCUT2D eigenvalue weighted by Gasteiger charge is 1.98. The molecule has 5 nitrogen and oxygen atoms in total. The van der Waals surface area contributed by atoms with Gasteiger partial charge in [0, 0.05) is 18.9 Å². The SMILES string of the molecule is NCc1cn(-c2cccnn2)cn1. The summed E-state index contributed by atoms with van der Waals surface area (Å²) < 4.78 is 1.79. The molecule has 66 valence electrons. The maximum Gasteiger partial charge on any atom is 0.160 e. The van der Waals surface area contributed by atoms with Crippen LogP contribution in [-0.4, -0.2) is 19.7 Å². The van der Waals surface area contributed by atoms with Gasteiger partial charge in [-0.1, -0.05) is 0 Å². The number of rotatable bonds is 2. The maximum atomic E-state index is 5.43. The first-order valence-electron chi connectivity index (χ1n) is 3.91. The molecule has 0 aromatic carbocycles. The summed E-state index contributed by atoms with van der Waals surface area (Å²) in [4.78, 5) is 4.08. The lowest BCUT2D eigenvalue weighted by molar-refractivity contribution is 0.911. The lowest BCUT2D eigenvalue weighted by atomic mass is 10.5. The van der Waals surface area contributed by atoms with Crippen LogP contribution in [0, 0.1) is 0 Å². The molecular weight excluding hydrogens is 166 g/mol. The first kappa shape index (κ1) is 7.88. The minimum atomic E-state index is 0.438. The van der Waals surface area contributed by atoms with Crippen LogP contribution in [0.4, 0.5) is 0 Å². The molecular formula is C8H9N5. The Morgan fingerprint density at radius 3 is 3.00 bits per heavy atom. The van der Waals surface area contributed by atoms with Crippen molar-refractivity contribution >= 4 is 0 Å². The number of hydrogen-bond donors (Lipinski definition) is 1. The first-order valence-corrected chi connectivity index (χ1v) is 3.91.